The van der Waals surface area contributed by atoms with Crippen molar-refractivity contribution in [1.82, 2.24) is 0 Å². The molecule has 0 fully saturated rings. The Morgan fingerprint density at radius 3 is 1.57 bits per heavy atom. The Kier molecular flexibility index (Phi) is 28.4. The van der Waals surface area contributed by atoms with Crippen LogP contribution >= 0.6 is 0 Å². The number of carboxylic acids is 1. The van der Waals surface area contributed by atoms with Crippen molar-refractivity contribution in [2.24, 2.45) is 17.8 Å². The minimum Gasteiger partial charge on any atom is -0.479 e. The van der Waals surface area contributed by atoms with Crippen LogP contribution in [0.4, 0.5) is 4.39 Å². The first-order valence-electron chi connectivity index (χ1n) is 15.3. The topological polar surface area (TPSA) is 37.3 Å². The summed E-state index contributed by atoms with van der Waals surface area (Å²) in [6, 6.07) is 10.7. The summed E-state index contributed by atoms with van der Waals surface area (Å²) in [6.07, 6.45) is 13.8. The minimum absolute atomic E-state index is 0.0162. The second-order valence-corrected chi connectivity index (χ2v) is 11.5. The van der Waals surface area contributed by atoms with Gasteiger partial charge in [0, 0.05) is 0 Å². The third-order valence-corrected chi connectivity index (χ3v) is 7.14. The quantitative estimate of drug-likeness (QED) is 0.246. The summed E-state index contributed by atoms with van der Waals surface area (Å²) >= 11 is 0. The summed E-state index contributed by atoms with van der Waals surface area (Å²) in [5.41, 5.74) is -0.575. The number of alkyl halides is 1. The molecule has 0 aliphatic heterocycles. The number of hydrogen-bond donors (Lipinski definition) is 1. The van der Waals surface area contributed by atoms with Crippen LogP contribution < -0.4 is 0 Å². The Morgan fingerprint density at radius 1 is 0.784 bits per heavy atom. The lowest BCUT2D eigenvalue weighted by molar-refractivity contribution is -0.149. The van der Waals surface area contributed by atoms with Gasteiger partial charge in [-0.2, -0.15) is 0 Å². The first-order valence-corrected chi connectivity index (χ1v) is 15.3. The van der Waals surface area contributed by atoms with Gasteiger partial charge in [0.2, 0.25) is 5.67 Å². The van der Waals surface area contributed by atoms with Gasteiger partial charge in [-0.05, 0) is 49.0 Å². The Bertz CT molecular complexity index is 597. The van der Waals surface area contributed by atoms with Crippen LogP contribution in [-0.2, 0) is 4.79 Å². The number of hydrogen-bond acceptors (Lipinski definition) is 1. The fraction of sp³-hybridized carbons (Fsp3) is 0.794. The van der Waals surface area contributed by atoms with Crippen LogP contribution in [0.3, 0.4) is 0 Å². The Labute approximate surface area is 232 Å². The molecular formula is C34H65FO2. The highest BCUT2D eigenvalue weighted by atomic mass is 19.1. The first-order chi connectivity index (χ1) is 17.3. The highest BCUT2D eigenvalue weighted by molar-refractivity contribution is 5.76. The van der Waals surface area contributed by atoms with Crippen molar-refractivity contribution in [3.63, 3.8) is 0 Å². The van der Waals surface area contributed by atoms with E-state index in [0.29, 0.717) is 0 Å². The molecule has 3 heteroatoms. The predicted molar refractivity (Wildman–Crippen MR) is 164 cm³/mol. The first kappa shape index (κ1) is 40.1. The number of carbonyl (C=O) groups is 1. The summed E-state index contributed by atoms with van der Waals surface area (Å²) in [5.74, 6) is 2.12. The molecule has 2 nitrogen and oxygen atoms in total. The van der Waals surface area contributed by atoms with Gasteiger partial charge in [0.15, 0.2) is 0 Å². The number of halogens is 1. The highest BCUT2D eigenvalue weighted by Gasteiger charge is 2.29. The van der Waals surface area contributed by atoms with Gasteiger partial charge >= 0.3 is 5.97 Å². The lowest BCUT2D eigenvalue weighted by atomic mass is 9.95. The Balaban J connectivity index is -0.000000438. The summed E-state index contributed by atoms with van der Waals surface area (Å²) < 4.78 is 12.3. The molecule has 1 aromatic rings. The van der Waals surface area contributed by atoms with Crippen LogP contribution in [0, 0.1) is 17.8 Å². The van der Waals surface area contributed by atoms with Crippen molar-refractivity contribution in [1.29, 1.82) is 0 Å². The number of rotatable bonds is 14. The average molecular weight is 525 g/mol. The van der Waals surface area contributed by atoms with Gasteiger partial charge in [0.25, 0.3) is 0 Å². The summed E-state index contributed by atoms with van der Waals surface area (Å²) in [5, 5.41) is 8.07. The SMILES string of the molecule is CCC(C)(F)C(=O)O.CCC(C)C.CCCC(C)CCCCC(C)CC.CCCC(C)c1ccccc1. The van der Waals surface area contributed by atoms with Gasteiger partial charge < -0.3 is 5.11 Å². The predicted octanol–water partition coefficient (Wildman–Crippen LogP) is 11.9. The Morgan fingerprint density at radius 2 is 1.24 bits per heavy atom. The van der Waals surface area contributed by atoms with E-state index in [1.165, 1.54) is 76.7 Å². The van der Waals surface area contributed by atoms with Gasteiger partial charge in [-0.1, -0.05) is 157 Å². The summed E-state index contributed by atoms with van der Waals surface area (Å²) in [4.78, 5) is 9.88. The summed E-state index contributed by atoms with van der Waals surface area (Å²) in [6.45, 7) is 23.1. The van der Waals surface area contributed by atoms with Crippen LogP contribution in [0.1, 0.15) is 158 Å². The lowest BCUT2D eigenvalue weighted by Crippen LogP contribution is -2.28. The molecule has 4 unspecified atom stereocenters. The van der Waals surface area contributed by atoms with Crippen LogP contribution in [-0.4, -0.2) is 16.7 Å². The van der Waals surface area contributed by atoms with E-state index >= 15 is 0 Å². The molecule has 37 heavy (non-hydrogen) atoms. The van der Waals surface area contributed by atoms with Crippen LogP contribution in [0.5, 0.6) is 0 Å². The fourth-order valence-corrected chi connectivity index (χ4v) is 3.36. The van der Waals surface area contributed by atoms with E-state index in [1.54, 1.807) is 0 Å². The molecule has 220 valence electrons. The van der Waals surface area contributed by atoms with E-state index in [2.05, 4.69) is 92.6 Å². The van der Waals surface area contributed by atoms with E-state index in [9.17, 15) is 9.18 Å². The smallest absolute Gasteiger partial charge is 0.341 e. The van der Waals surface area contributed by atoms with Crippen molar-refractivity contribution in [2.45, 2.75) is 158 Å². The molecule has 0 aliphatic carbocycles. The van der Waals surface area contributed by atoms with E-state index in [-0.39, 0.29) is 6.42 Å². The van der Waals surface area contributed by atoms with Gasteiger partial charge in [-0.3, -0.25) is 0 Å². The molecule has 0 amide bonds. The van der Waals surface area contributed by atoms with Crippen molar-refractivity contribution in [3.8, 4) is 0 Å². The van der Waals surface area contributed by atoms with E-state index in [0.717, 1.165) is 30.6 Å². The van der Waals surface area contributed by atoms with Crippen LogP contribution in [0.25, 0.3) is 0 Å². The van der Waals surface area contributed by atoms with Gasteiger partial charge in [-0.15, -0.1) is 0 Å². The molecular weight excluding hydrogens is 459 g/mol. The molecule has 0 aromatic heterocycles. The normalized spacial score (nSPS) is 14.4. The van der Waals surface area contributed by atoms with Crippen LogP contribution in [0.2, 0.25) is 0 Å². The molecule has 1 N–H and O–H groups in total. The monoisotopic (exact) mass is 524 g/mol. The molecule has 0 heterocycles. The zero-order valence-electron chi connectivity index (χ0n) is 26.7. The number of aliphatic carboxylic acids is 1. The van der Waals surface area contributed by atoms with Gasteiger partial charge in [0.05, 0.1) is 0 Å². The van der Waals surface area contributed by atoms with E-state index < -0.39 is 11.6 Å². The molecule has 0 saturated heterocycles. The maximum atomic E-state index is 12.3. The van der Waals surface area contributed by atoms with Crippen molar-refractivity contribution >= 4 is 5.97 Å². The zero-order valence-corrected chi connectivity index (χ0v) is 26.7. The standard InChI is InChI=1S/C13H28.C11H16.C5H9FO2.C5H12/c1-5-9-13(4)11-8-7-10-12(3)6-2;1-3-7-10(2)11-8-5-4-6-9-11;1-3-5(2,6)4(7)8;1-4-5(2)3/h12-13H,5-11H2,1-4H3;4-6,8-10H,3,7H2,1-2H3;3H2,1-2H3,(H,7,8);5H,4H2,1-3H3. The third kappa shape index (κ3) is 27.5. The van der Waals surface area contributed by atoms with Gasteiger partial charge in [-0.25, -0.2) is 9.18 Å². The maximum Gasteiger partial charge on any atom is 0.341 e. The highest BCUT2D eigenvalue weighted by Crippen LogP contribution is 2.19. The minimum atomic E-state index is -2.04. The molecule has 0 radical (unpaired) electrons. The molecule has 1 aromatic carbocycles. The van der Waals surface area contributed by atoms with E-state index in [1.807, 2.05) is 0 Å². The number of unbranched alkanes of at least 4 members (excludes halogenated alkanes) is 1. The maximum absolute atomic E-state index is 12.3. The van der Waals surface area contributed by atoms with Gasteiger partial charge in [0.1, 0.15) is 0 Å². The number of carboxylic acid groups (broad SMARTS) is 1. The molecule has 0 spiro atoms. The molecule has 0 bridgehead atoms. The van der Waals surface area contributed by atoms with E-state index in [4.69, 9.17) is 5.11 Å². The second-order valence-electron chi connectivity index (χ2n) is 11.5. The molecule has 4 atom stereocenters. The van der Waals surface area contributed by atoms with Crippen molar-refractivity contribution in [2.75, 3.05) is 0 Å². The molecule has 0 saturated carbocycles. The molecule has 0 aliphatic rings. The average Bonchev–Trinajstić information content (AvgIpc) is 2.88. The summed E-state index contributed by atoms with van der Waals surface area (Å²) in [7, 11) is 0. The molecule has 1 rings (SSSR count). The third-order valence-electron chi connectivity index (χ3n) is 7.14. The number of benzene rings is 1. The Hall–Kier alpha value is -1.38. The fourth-order valence-electron chi connectivity index (χ4n) is 3.36. The van der Waals surface area contributed by atoms with Crippen LogP contribution in [0.15, 0.2) is 30.3 Å². The zero-order chi connectivity index (χ0) is 29.3. The van der Waals surface area contributed by atoms with Crippen molar-refractivity contribution in [3.05, 3.63) is 35.9 Å². The lowest BCUT2D eigenvalue weighted by Gasteiger charge is -2.11. The second kappa shape index (κ2) is 26.2. The largest absolute Gasteiger partial charge is 0.479 e. The van der Waals surface area contributed by atoms with Crippen molar-refractivity contribution < 1.29 is 14.3 Å².